The molecule has 5 rings (SSSR count). The van der Waals surface area contributed by atoms with Gasteiger partial charge >= 0.3 is 5.97 Å². The van der Waals surface area contributed by atoms with E-state index in [1.165, 1.54) is 0 Å². The molecule has 180 valence electrons. The number of benzene rings is 1. The van der Waals surface area contributed by atoms with E-state index in [2.05, 4.69) is 30.2 Å². The number of rotatable bonds is 8. The van der Waals surface area contributed by atoms with E-state index in [0.717, 1.165) is 84.8 Å². The fourth-order valence-corrected chi connectivity index (χ4v) is 4.40. The van der Waals surface area contributed by atoms with Crippen LogP contribution in [0.5, 0.6) is 0 Å². The van der Waals surface area contributed by atoms with Gasteiger partial charge in [0, 0.05) is 49.0 Å². The first-order valence-electron chi connectivity index (χ1n) is 12.2. The summed E-state index contributed by atoms with van der Waals surface area (Å²) in [6.45, 7) is 7.72. The molecule has 1 saturated heterocycles. The number of imidazole rings is 1. The smallest absolute Gasteiger partial charge is 0.339 e. The van der Waals surface area contributed by atoms with Gasteiger partial charge in [-0.15, -0.1) is 0 Å². The molecule has 4 heterocycles. The molecule has 8 heteroatoms. The number of nitrogens with zero attached hydrogens (tertiary/aromatic N) is 4. The molecule has 2 N–H and O–H groups in total. The first kappa shape index (κ1) is 23.1. The molecule has 1 aromatic carbocycles. The van der Waals surface area contributed by atoms with E-state index < -0.39 is 0 Å². The summed E-state index contributed by atoms with van der Waals surface area (Å²) in [7, 11) is 0. The third-order valence-electron chi connectivity index (χ3n) is 6.29. The van der Waals surface area contributed by atoms with Crippen molar-refractivity contribution in [1.29, 1.82) is 0 Å². The number of carbonyl (C=O) groups is 1. The molecule has 4 aromatic rings. The number of esters is 1. The van der Waals surface area contributed by atoms with E-state index in [1.54, 1.807) is 12.5 Å². The van der Waals surface area contributed by atoms with E-state index in [9.17, 15) is 4.79 Å². The van der Waals surface area contributed by atoms with Gasteiger partial charge in [-0.05, 0) is 56.6 Å². The van der Waals surface area contributed by atoms with E-state index in [-0.39, 0.29) is 5.97 Å². The Morgan fingerprint density at radius 2 is 1.97 bits per heavy atom. The minimum atomic E-state index is -0.337. The lowest BCUT2D eigenvalue weighted by Crippen LogP contribution is -2.43. The molecule has 3 aromatic heterocycles. The fourth-order valence-electron chi connectivity index (χ4n) is 4.40. The zero-order valence-corrected chi connectivity index (χ0v) is 20.0. The number of ether oxygens (including phenoxy) is 1. The van der Waals surface area contributed by atoms with E-state index in [4.69, 9.17) is 4.74 Å². The summed E-state index contributed by atoms with van der Waals surface area (Å²) in [5.74, 6) is -0.337. The molecule has 0 amide bonds. The lowest BCUT2D eigenvalue weighted by molar-refractivity contribution is 0.0494. The van der Waals surface area contributed by atoms with Crippen LogP contribution in [0, 0.1) is 6.92 Å². The second-order valence-corrected chi connectivity index (χ2v) is 8.86. The van der Waals surface area contributed by atoms with E-state index >= 15 is 0 Å². The van der Waals surface area contributed by atoms with Crippen LogP contribution in [0.25, 0.3) is 33.5 Å². The van der Waals surface area contributed by atoms with Crippen LogP contribution in [-0.4, -0.2) is 70.1 Å². The van der Waals surface area contributed by atoms with Gasteiger partial charge in [-0.25, -0.2) is 9.78 Å². The van der Waals surface area contributed by atoms with Crippen molar-refractivity contribution in [3.63, 3.8) is 0 Å². The Labute approximate surface area is 204 Å². The number of nitrogens with one attached hydrogen (secondary N) is 2. The standard InChI is InChI=1S/C27H30N6O2/c1-19-5-4-6-24(32-19)26-25(30-18-31-26)20-7-8-23-21(15-20)16-22(17-29-23)27(34)35-14-3-2-11-33-12-9-28-10-13-33/h4-8,15-18,28H,2-3,9-14H2,1H3,(H,30,31). The monoisotopic (exact) mass is 470 g/mol. The summed E-state index contributed by atoms with van der Waals surface area (Å²) < 4.78 is 5.52. The number of aromatic nitrogens is 4. The molecule has 0 unspecified atom stereocenters. The van der Waals surface area contributed by atoms with Crippen LogP contribution in [0.15, 0.2) is 55.0 Å². The van der Waals surface area contributed by atoms with Crippen molar-refractivity contribution in [2.45, 2.75) is 19.8 Å². The third kappa shape index (κ3) is 5.55. The number of unbranched alkanes of at least 4 members (excludes halogenated alkanes) is 1. The van der Waals surface area contributed by atoms with Crippen molar-refractivity contribution >= 4 is 16.9 Å². The molecule has 1 aliphatic heterocycles. The van der Waals surface area contributed by atoms with Crippen LogP contribution in [-0.2, 0) is 4.74 Å². The van der Waals surface area contributed by atoms with E-state index in [0.29, 0.717) is 12.2 Å². The highest BCUT2D eigenvalue weighted by atomic mass is 16.5. The first-order valence-corrected chi connectivity index (χ1v) is 12.2. The molecule has 0 aliphatic carbocycles. The van der Waals surface area contributed by atoms with Gasteiger partial charge in [0.05, 0.1) is 41.1 Å². The van der Waals surface area contributed by atoms with Gasteiger partial charge in [0.2, 0.25) is 0 Å². The summed E-state index contributed by atoms with van der Waals surface area (Å²) >= 11 is 0. The van der Waals surface area contributed by atoms with Crippen molar-refractivity contribution in [3.8, 4) is 22.6 Å². The van der Waals surface area contributed by atoms with Gasteiger partial charge in [0.15, 0.2) is 0 Å². The van der Waals surface area contributed by atoms with Crippen LogP contribution in [0.4, 0.5) is 0 Å². The van der Waals surface area contributed by atoms with Crippen LogP contribution < -0.4 is 5.32 Å². The molecular weight excluding hydrogens is 440 g/mol. The Morgan fingerprint density at radius 1 is 1.09 bits per heavy atom. The maximum absolute atomic E-state index is 12.6. The predicted octanol–water partition coefficient (Wildman–Crippen LogP) is 3.84. The van der Waals surface area contributed by atoms with Gasteiger partial charge < -0.3 is 19.9 Å². The maximum atomic E-state index is 12.6. The molecule has 0 radical (unpaired) electrons. The average Bonchev–Trinajstić information content (AvgIpc) is 3.38. The SMILES string of the molecule is Cc1cccc(-c2[nH]cnc2-c2ccc3ncc(C(=O)OCCCCN4CCNCC4)cc3c2)n1. The Hall–Kier alpha value is -3.62. The molecule has 35 heavy (non-hydrogen) atoms. The number of carbonyl (C=O) groups excluding carboxylic acids is 1. The molecule has 8 nitrogen and oxygen atoms in total. The number of piperazine rings is 1. The topological polar surface area (TPSA) is 96.0 Å². The zero-order valence-electron chi connectivity index (χ0n) is 20.0. The molecular formula is C27H30N6O2. The normalized spacial score (nSPS) is 14.3. The number of aromatic amines is 1. The molecule has 0 saturated carbocycles. The van der Waals surface area contributed by atoms with Crippen molar-refractivity contribution < 1.29 is 9.53 Å². The summed E-state index contributed by atoms with van der Waals surface area (Å²) in [5, 5.41) is 4.22. The molecule has 0 spiro atoms. The minimum absolute atomic E-state index is 0.337. The highest BCUT2D eigenvalue weighted by Crippen LogP contribution is 2.30. The third-order valence-corrected chi connectivity index (χ3v) is 6.29. The van der Waals surface area contributed by atoms with Gasteiger partial charge in [-0.2, -0.15) is 0 Å². The molecule has 1 aliphatic rings. The number of H-pyrrole nitrogens is 1. The Balaban J connectivity index is 1.26. The zero-order chi connectivity index (χ0) is 24.0. The van der Waals surface area contributed by atoms with Gasteiger partial charge in [-0.3, -0.25) is 9.97 Å². The highest BCUT2D eigenvalue weighted by Gasteiger charge is 2.14. The summed E-state index contributed by atoms with van der Waals surface area (Å²) in [5.41, 5.74) is 5.64. The van der Waals surface area contributed by atoms with Crippen LogP contribution in [0.1, 0.15) is 28.9 Å². The second-order valence-electron chi connectivity index (χ2n) is 8.86. The van der Waals surface area contributed by atoms with Crippen LogP contribution in [0.2, 0.25) is 0 Å². The molecule has 1 fully saturated rings. The van der Waals surface area contributed by atoms with Crippen molar-refractivity contribution in [2.75, 3.05) is 39.3 Å². The summed E-state index contributed by atoms with van der Waals surface area (Å²) in [6.07, 6.45) is 5.14. The lowest BCUT2D eigenvalue weighted by Gasteiger charge is -2.26. The number of hydrogen-bond acceptors (Lipinski definition) is 7. The highest BCUT2D eigenvalue weighted by molar-refractivity contribution is 5.95. The molecule has 0 bridgehead atoms. The lowest BCUT2D eigenvalue weighted by atomic mass is 10.0. The largest absolute Gasteiger partial charge is 0.462 e. The Morgan fingerprint density at radius 3 is 2.83 bits per heavy atom. The second kappa shape index (κ2) is 10.8. The maximum Gasteiger partial charge on any atom is 0.339 e. The van der Waals surface area contributed by atoms with Crippen molar-refractivity contribution in [3.05, 3.63) is 66.2 Å². The Kier molecular flexibility index (Phi) is 7.11. The van der Waals surface area contributed by atoms with Crippen molar-refractivity contribution in [2.24, 2.45) is 0 Å². The van der Waals surface area contributed by atoms with Gasteiger partial charge in [-0.1, -0.05) is 12.1 Å². The minimum Gasteiger partial charge on any atom is -0.462 e. The number of hydrogen-bond donors (Lipinski definition) is 2. The van der Waals surface area contributed by atoms with Crippen LogP contribution in [0.3, 0.4) is 0 Å². The number of fused-ring (bicyclic) bond motifs is 1. The van der Waals surface area contributed by atoms with Crippen molar-refractivity contribution in [1.82, 2.24) is 30.2 Å². The Bertz CT molecular complexity index is 1310. The quantitative estimate of drug-likeness (QED) is 0.298. The first-order chi connectivity index (χ1) is 17.2. The van der Waals surface area contributed by atoms with E-state index in [1.807, 2.05) is 49.4 Å². The molecule has 0 atom stereocenters. The van der Waals surface area contributed by atoms with Gasteiger partial charge in [0.1, 0.15) is 0 Å². The summed E-state index contributed by atoms with van der Waals surface area (Å²) in [6, 6.07) is 13.7. The predicted molar refractivity (Wildman–Crippen MR) is 136 cm³/mol. The average molecular weight is 471 g/mol. The number of pyridine rings is 2. The fraction of sp³-hybridized carbons (Fsp3) is 0.333. The van der Waals surface area contributed by atoms with Crippen LogP contribution >= 0.6 is 0 Å². The van der Waals surface area contributed by atoms with Gasteiger partial charge in [0.25, 0.3) is 0 Å². The summed E-state index contributed by atoms with van der Waals surface area (Å²) in [4.78, 5) is 31.9. The number of aryl methyl sites for hydroxylation is 1.